The minimum atomic E-state index is 0.442. The lowest BCUT2D eigenvalue weighted by molar-refractivity contribution is -0.00707. The van der Waals surface area contributed by atoms with Crippen LogP contribution in [0, 0.1) is 5.92 Å². The van der Waals surface area contributed by atoms with Crippen molar-refractivity contribution >= 4 is 0 Å². The molecule has 3 unspecified atom stereocenters. The molecule has 1 N–H and O–H groups in total. The van der Waals surface area contributed by atoms with Gasteiger partial charge in [-0.25, -0.2) is 0 Å². The Morgan fingerprint density at radius 2 is 2.18 bits per heavy atom. The molecular formula is C14H28N2O. The second-order valence-corrected chi connectivity index (χ2v) is 5.80. The predicted molar refractivity (Wildman–Crippen MR) is 71.3 cm³/mol. The molecule has 2 aliphatic heterocycles. The lowest BCUT2D eigenvalue weighted by Crippen LogP contribution is -2.42. The maximum absolute atomic E-state index is 6.06. The molecule has 0 aliphatic carbocycles. The van der Waals surface area contributed by atoms with Gasteiger partial charge in [-0.15, -0.1) is 0 Å². The maximum Gasteiger partial charge on any atom is 0.0725 e. The number of ether oxygens (including phenoxy) is 1. The summed E-state index contributed by atoms with van der Waals surface area (Å²) >= 11 is 0. The monoisotopic (exact) mass is 240 g/mol. The first-order valence-corrected chi connectivity index (χ1v) is 7.30. The first-order valence-electron chi connectivity index (χ1n) is 7.30. The summed E-state index contributed by atoms with van der Waals surface area (Å²) in [4.78, 5) is 2.51. The fraction of sp³-hybridized carbons (Fsp3) is 1.00. The van der Waals surface area contributed by atoms with Crippen LogP contribution in [0.3, 0.4) is 0 Å². The van der Waals surface area contributed by atoms with Gasteiger partial charge in [0.25, 0.3) is 0 Å². The maximum atomic E-state index is 6.06. The highest BCUT2D eigenvalue weighted by Gasteiger charge is 2.23. The van der Waals surface area contributed by atoms with Gasteiger partial charge in [0.2, 0.25) is 0 Å². The van der Waals surface area contributed by atoms with E-state index >= 15 is 0 Å². The number of piperidine rings is 2. The minimum Gasteiger partial charge on any atom is -0.377 e. The molecule has 3 atom stereocenters. The molecule has 2 aliphatic rings. The second kappa shape index (κ2) is 6.72. The van der Waals surface area contributed by atoms with Crippen molar-refractivity contribution < 1.29 is 4.74 Å². The van der Waals surface area contributed by atoms with Gasteiger partial charge in [0.1, 0.15) is 0 Å². The first kappa shape index (κ1) is 13.3. The average molecular weight is 240 g/mol. The smallest absolute Gasteiger partial charge is 0.0725 e. The lowest BCUT2D eigenvalue weighted by atomic mass is 9.97. The van der Waals surface area contributed by atoms with E-state index in [1.807, 2.05) is 0 Å². The number of likely N-dealkylation sites (tertiary alicyclic amines) is 1. The molecular weight excluding hydrogens is 212 g/mol. The van der Waals surface area contributed by atoms with E-state index in [0.717, 1.165) is 31.7 Å². The zero-order chi connectivity index (χ0) is 12.1. The molecule has 0 spiro atoms. The highest BCUT2D eigenvalue weighted by Crippen LogP contribution is 2.19. The van der Waals surface area contributed by atoms with E-state index in [9.17, 15) is 0 Å². The van der Waals surface area contributed by atoms with Crippen molar-refractivity contribution in [1.29, 1.82) is 0 Å². The fourth-order valence-corrected chi connectivity index (χ4v) is 3.05. The third-order valence-corrected chi connectivity index (χ3v) is 4.46. The van der Waals surface area contributed by atoms with Crippen molar-refractivity contribution in [1.82, 2.24) is 10.2 Å². The summed E-state index contributed by atoms with van der Waals surface area (Å²) in [5, 5.41) is 3.43. The quantitative estimate of drug-likeness (QED) is 0.812. The molecule has 0 aromatic carbocycles. The second-order valence-electron chi connectivity index (χ2n) is 5.80. The lowest BCUT2D eigenvalue weighted by Gasteiger charge is -2.34. The van der Waals surface area contributed by atoms with E-state index in [2.05, 4.69) is 24.2 Å². The van der Waals surface area contributed by atoms with Crippen molar-refractivity contribution in [3.8, 4) is 0 Å². The van der Waals surface area contributed by atoms with E-state index in [1.54, 1.807) is 0 Å². The minimum absolute atomic E-state index is 0.442. The Labute approximate surface area is 106 Å². The summed E-state index contributed by atoms with van der Waals surface area (Å²) < 4.78 is 6.06. The zero-order valence-corrected chi connectivity index (χ0v) is 11.5. The van der Waals surface area contributed by atoms with E-state index in [4.69, 9.17) is 4.74 Å². The van der Waals surface area contributed by atoms with Crippen LogP contribution >= 0.6 is 0 Å². The van der Waals surface area contributed by atoms with E-state index in [1.165, 1.54) is 38.6 Å². The molecule has 0 bridgehead atoms. The fourth-order valence-electron chi connectivity index (χ4n) is 3.05. The topological polar surface area (TPSA) is 24.5 Å². The molecule has 2 fully saturated rings. The molecule has 17 heavy (non-hydrogen) atoms. The molecule has 0 saturated carbocycles. The van der Waals surface area contributed by atoms with Gasteiger partial charge in [-0.3, -0.25) is 0 Å². The number of nitrogens with zero attached hydrogens (tertiary/aromatic N) is 1. The number of hydrogen-bond acceptors (Lipinski definition) is 3. The van der Waals surface area contributed by atoms with Crippen LogP contribution in [0.25, 0.3) is 0 Å². The van der Waals surface area contributed by atoms with Gasteiger partial charge < -0.3 is 15.0 Å². The van der Waals surface area contributed by atoms with Crippen molar-refractivity contribution in [2.75, 3.05) is 33.3 Å². The first-order chi connectivity index (χ1) is 8.27. The summed E-state index contributed by atoms with van der Waals surface area (Å²) in [7, 11) is 2.26. The van der Waals surface area contributed by atoms with Crippen LogP contribution in [0.2, 0.25) is 0 Å². The van der Waals surface area contributed by atoms with Gasteiger partial charge >= 0.3 is 0 Å². The molecule has 3 nitrogen and oxygen atoms in total. The molecule has 2 rings (SSSR count). The molecule has 2 saturated heterocycles. The normalized spacial score (nSPS) is 36.0. The predicted octanol–water partition coefficient (Wildman–Crippen LogP) is 1.88. The van der Waals surface area contributed by atoms with Crippen molar-refractivity contribution in [2.45, 2.75) is 51.2 Å². The Kier molecular flexibility index (Phi) is 5.26. The van der Waals surface area contributed by atoms with Crippen molar-refractivity contribution in [3.05, 3.63) is 0 Å². The summed E-state index contributed by atoms with van der Waals surface area (Å²) in [5.41, 5.74) is 0. The van der Waals surface area contributed by atoms with Crippen LogP contribution in [0.1, 0.15) is 39.0 Å². The molecule has 0 radical (unpaired) electrons. The Morgan fingerprint density at radius 3 is 2.94 bits per heavy atom. The van der Waals surface area contributed by atoms with Crippen LogP contribution in [-0.4, -0.2) is 50.3 Å². The number of rotatable bonds is 4. The van der Waals surface area contributed by atoms with Gasteiger partial charge in [0, 0.05) is 19.2 Å². The van der Waals surface area contributed by atoms with E-state index < -0.39 is 0 Å². The molecule has 0 aromatic rings. The summed E-state index contributed by atoms with van der Waals surface area (Å²) in [6.07, 6.45) is 7.04. The van der Waals surface area contributed by atoms with Crippen molar-refractivity contribution in [2.24, 2.45) is 5.92 Å². The Hall–Kier alpha value is -0.120. The summed E-state index contributed by atoms with van der Waals surface area (Å²) in [5.74, 6) is 0.723. The van der Waals surface area contributed by atoms with E-state index in [-0.39, 0.29) is 0 Å². The average Bonchev–Trinajstić information content (AvgIpc) is 2.34. The molecule has 0 amide bonds. The van der Waals surface area contributed by atoms with Gasteiger partial charge in [-0.1, -0.05) is 13.3 Å². The Morgan fingerprint density at radius 1 is 1.29 bits per heavy atom. The third kappa shape index (κ3) is 3.94. The molecule has 0 aromatic heterocycles. The van der Waals surface area contributed by atoms with Gasteiger partial charge in [0.15, 0.2) is 0 Å². The van der Waals surface area contributed by atoms with Gasteiger partial charge in [0.05, 0.1) is 6.10 Å². The van der Waals surface area contributed by atoms with Gasteiger partial charge in [-0.05, 0) is 51.7 Å². The van der Waals surface area contributed by atoms with Crippen molar-refractivity contribution in [3.63, 3.8) is 0 Å². The third-order valence-electron chi connectivity index (χ3n) is 4.46. The van der Waals surface area contributed by atoms with Crippen LogP contribution in [0.5, 0.6) is 0 Å². The van der Waals surface area contributed by atoms with Crippen LogP contribution in [0.15, 0.2) is 0 Å². The zero-order valence-electron chi connectivity index (χ0n) is 11.5. The highest BCUT2D eigenvalue weighted by molar-refractivity contribution is 4.77. The van der Waals surface area contributed by atoms with E-state index in [0.29, 0.717) is 6.10 Å². The largest absolute Gasteiger partial charge is 0.377 e. The van der Waals surface area contributed by atoms with Crippen LogP contribution in [-0.2, 0) is 4.74 Å². The highest BCUT2D eigenvalue weighted by atomic mass is 16.5. The molecule has 100 valence electrons. The molecule has 3 heteroatoms. The SMILES string of the molecule is CC1CCNCC1OCCC1CCCCN1C. The summed E-state index contributed by atoms with van der Waals surface area (Å²) in [6, 6.07) is 0.760. The standard InChI is InChI=1S/C14H28N2O/c1-12-6-8-15-11-14(12)17-10-7-13-5-3-4-9-16(13)2/h12-15H,3-11H2,1-2H3. The Balaban J connectivity index is 1.64. The molecule has 2 heterocycles. The van der Waals surface area contributed by atoms with Gasteiger partial charge in [-0.2, -0.15) is 0 Å². The Bertz CT molecular complexity index is 200. The number of hydrogen-bond donors (Lipinski definition) is 1. The van der Waals surface area contributed by atoms with Crippen LogP contribution in [0.4, 0.5) is 0 Å². The number of nitrogens with one attached hydrogen (secondary N) is 1. The summed E-state index contributed by atoms with van der Waals surface area (Å²) in [6.45, 7) is 6.73. The van der Waals surface area contributed by atoms with Crippen LogP contribution < -0.4 is 5.32 Å².